The Kier molecular flexibility index (Phi) is 6.98. The Morgan fingerprint density at radius 3 is 2.31 bits per heavy atom. The molecule has 1 aromatic heterocycles. The summed E-state index contributed by atoms with van der Waals surface area (Å²) in [6.45, 7) is 1.82. The number of aliphatic hydroxyl groups is 1. The summed E-state index contributed by atoms with van der Waals surface area (Å²) in [6, 6.07) is 19.1. The first-order valence-corrected chi connectivity index (χ1v) is 9.75. The summed E-state index contributed by atoms with van der Waals surface area (Å²) in [7, 11) is 0. The molecule has 0 spiro atoms. The molecule has 150 valence electrons. The zero-order valence-corrected chi connectivity index (χ0v) is 16.5. The molecule has 2 aromatic carbocycles. The van der Waals surface area contributed by atoms with Crippen molar-refractivity contribution in [1.29, 1.82) is 0 Å². The predicted molar refractivity (Wildman–Crippen MR) is 113 cm³/mol. The number of rotatable bonds is 8. The predicted octanol–water partition coefficient (Wildman–Crippen LogP) is 3.91. The third kappa shape index (κ3) is 5.65. The van der Waals surface area contributed by atoms with E-state index in [1.165, 1.54) is 5.56 Å². The van der Waals surface area contributed by atoms with Crippen LogP contribution in [-0.4, -0.2) is 17.6 Å². The molecule has 0 aliphatic heterocycles. The molecular formula is C24H25NO4. The molecule has 0 bridgehead atoms. The molecule has 2 N–H and O–H groups in total. The lowest BCUT2D eigenvalue weighted by Gasteiger charge is -2.09. The van der Waals surface area contributed by atoms with Crippen molar-refractivity contribution in [3.05, 3.63) is 99.1 Å². The van der Waals surface area contributed by atoms with Crippen molar-refractivity contribution in [1.82, 2.24) is 0 Å². The summed E-state index contributed by atoms with van der Waals surface area (Å²) in [5, 5.41) is 11.7. The van der Waals surface area contributed by atoms with Crippen LogP contribution in [0, 0.1) is 6.92 Å². The lowest BCUT2D eigenvalue weighted by atomic mass is 10.1. The first-order valence-electron chi connectivity index (χ1n) is 9.75. The maximum atomic E-state index is 12.6. The number of hydrogen-bond acceptors (Lipinski definition) is 4. The van der Waals surface area contributed by atoms with Gasteiger partial charge in [-0.1, -0.05) is 42.5 Å². The fraction of sp³-hybridized carbons (Fsp3) is 0.250. The average molecular weight is 391 g/mol. The van der Waals surface area contributed by atoms with Gasteiger partial charge in [0.05, 0.1) is 0 Å². The molecule has 0 fully saturated rings. The number of hydrogen-bond donors (Lipinski definition) is 2. The van der Waals surface area contributed by atoms with E-state index in [1.807, 2.05) is 30.3 Å². The second kappa shape index (κ2) is 9.85. The van der Waals surface area contributed by atoms with E-state index in [1.54, 1.807) is 25.1 Å². The van der Waals surface area contributed by atoms with E-state index in [9.17, 15) is 9.59 Å². The molecule has 0 aliphatic carbocycles. The minimum absolute atomic E-state index is 0.0243. The molecule has 1 heterocycles. The van der Waals surface area contributed by atoms with E-state index >= 15 is 0 Å². The quantitative estimate of drug-likeness (QED) is 0.610. The van der Waals surface area contributed by atoms with Crippen LogP contribution in [0.4, 0.5) is 5.69 Å². The molecule has 3 aromatic rings. The van der Waals surface area contributed by atoms with Crippen LogP contribution in [0.25, 0.3) is 0 Å². The summed E-state index contributed by atoms with van der Waals surface area (Å²) in [5.41, 5.74) is 2.81. The van der Waals surface area contributed by atoms with Crippen molar-refractivity contribution >= 4 is 11.6 Å². The maximum Gasteiger partial charge on any atom is 0.349 e. The average Bonchev–Trinajstić information content (AvgIpc) is 2.70. The van der Waals surface area contributed by atoms with Crippen LogP contribution in [0.2, 0.25) is 0 Å². The molecule has 5 heteroatoms. The highest BCUT2D eigenvalue weighted by atomic mass is 16.4. The van der Waals surface area contributed by atoms with Gasteiger partial charge in [0.2, 0.25) is 0 Å². The van der Waals surface area contributed by atoms with Gasteiger partial charge < -0.3 is 14.8 Å². The first kappa shape index (κ1) is 20.6. The molecule has 29 heavy (non-hydrogen) atoms. The maximum absolute atomic E-state index is 12.6. The lowest BCUT2D eigenvalue weighted by molar-refractivity contribution is 0.102. The topological polar surface area (TPSA) is 79.5 Å². The molecule has 0 saturated carbocycles. The SMILES string of the molecule is Cc1cc(CCCc2ccccc2)oc(=O)c1C(=O)Nc1ccc(CCO)cc1. The Bertz CT molecular complexity index is 1010. The van der Waals surface area contributed by atoms with E-state index in [-0.39, 0.29) is 12.2 Å². The van der Waals surface area contributed by atoms with Crippen molar-refractivity contribution in [2.24, 2.45) is 0 Å². The van der Waals surface area contributed by atoms with Crippen LogP contribution >= 0.6 is 0 Å². The second-order valence-corrected chi connectivity index (χ2v) is 7.02. The van der Waals surface area contributed by atoms with Gasteiger partial charge in [-0.05, 0) is 61.1 Å². The van der Waals surface area contributed by atoms with Gasteiger partial charge in [0, 0.05) is 18.7 Å². The van der Waals surface area contributed by atoms with Crippen molar-refractivity contribution in [2.75, 3.05) is 11.9 Å². The highest BCUT2D eigenvalue weighted by Gasteiger charge is 2.17. The van der Waals surface area contributed by atoms with Gasteiger partial charge in [0.15, 0.2) is 0 Å². The first-order chi connectivity index (χ1) is 14.1. The van der Waals surface area contributed by atoms with Gasteiger partial charge in [-0.25, -0.2) is 4.79 Å². The van der Waals surface area contributed by atoms with Crippen molar-refractivity contribution in [3.63, 3.8) is 0 Å². The molecule has 1 amide bonds. The lowest BCUT2D eigenvalue weighted by Crippen LogP contribution is -2.23. The summed E-state index contributed by atoms with van der Waals surface area (Å²) < 4.78 is 5.39. The van der Waals surface area contributed by atoms with Gasteiger partial charge in [0.25, 0.3) is 5.91 Å². The van der Waals surface area contributed by atoms with Crippen molar-refractivity contribution in [2.45, 2.75) is 32.6 Å². The number of carbonyl (C=O) groups is 1. The fourth-order valence-electron chi connectivity index (χ4n) is 3.26. The number of carbonyl (C=O) groups excluding carboxylic acids is 1. The van der Waals surface area contributed by atoms with Crippen molar-refractivity contribution in [3.8, 4) is 0 Å². The van der Waals surface area contributed by atoms with Crippen LogP contribution in [0.1, 0.15) is 39.2 Å². The normalized spacial score (nSPS) is 10.7. The number of aliphatic hydroxyl groups excluding tert-OH is 1. The second-order valence-electron chi connectivity index (χ2n) is 7.02. The molecular weight excluding hydrogens is 366 g/mol. The Hall–Kier alpha value is -3.18. The fourth-order valence-corrected chi connectivity index (χ4v) is 3.26. The molecule has 0 aliphatic rings. The largest absolute Gasteiger partial charge is 0.427 e. The summed E-state index contributed by atoms with van der Waals surface area (Å²) in [6.07, 6.45) is 2.96. The Morgan fingerprint density at radius 1 is 0.966 bits per heavy atom. The number of anilines is 1. The molecule has 0 radical (unpaired) electrons. The highest BCUT2D eigenvalue weighted by molar-refractivity contribution is 6.04. The summed E-state index contributed by atoms with van der Waals surface area (Å²) in [4.78, 5) is 25.0. The molecule has 0 unspecified atom stereocenters. The Morgan fingerprint density at radius 2 is 1.66 bits per heavy atom. The van der Waals surface area contributed by atoms with Gasteiger partial charge in [-0.3, -0.25) is 4.79 Å². The minimum Gasteiger partial charge on any atom is -0.427 e. The molecule has 0 atom stereocenters. The monoisotopic (exact) mass is 391 g/mol. The van der Waals surface area contributed by atoms with Crippen LogP contribution < -0.4 is 10.9 Å². The van der Waals surface area contributed by atoms with Crippen LogP contribution in [0.5, 0.6) is 0 Å². The molecule has 0 saturated heterocycles. The van der Waals surface area contributed by atoms with E-state index in [0.717, 1.165) is 18.4 Å². The van der Waals surface area contributed by atoms with Crippen LogP contribution in [0.3, 0.4) is 0 Å². The number of aryl methyl sites for hydroxylation is 3. The van der Waals surface area contributed by atoms with E-state index in [0.29, 0.717) is 29.9 Å². The van der Waals surface area contributed by atoms with E-state index < -0.39 is 11.5 Å². The summed E-state index contributed by atoms with van der Waals surface area (Å²) >= 11 is 0. The molecule has 5 nitrogen and oxygen atoms in total. The standard InChI is InChI=1S/C24H25NO4/c1-17-16-21(9-5-8-18-6-3-2-4-7-18)29-24(28)22(17)23(27)25-20-12-10-19(11-13-20)14-15-26/h2-4,6-7,10-13,16,26H,5,8-9,14-15H2,1H3,(H,25,27). The minimum atomic E-state index is -0.617. The van der Waals surface area contributed by atoms with Crippen LogP contribution in [0.15, 0.2) is 69.9 Å². The van der Waals surface area contributed by atoms with Gasteiger partial charge in [0.1, 0.15) is 11.3 Å². The van der Waals surface area contributed by atoms with E-state index in [4.69, 9.17) is 9.52 Å². The third-order valence-corrected chi connectivity index (χ3v) is 4.77. The van der Waals surface area contributed by atoms with Crippen LogP contribution in [-0.2, 0) is 19.3 Å². The Labute approximate surface area is 170 Å². The molecule has 3 rings (SSSR count). The highest BCUT2D eigenvalue weighted by Crippen LogP contribution is 2.14. The number of amides is 1. The van der Waals surface area contributed by atoms with E-state index in [2.05, 4.69) is 17.4 Å². The van der Waals surface area contributed by atoms with Gasteiger partial charge in [-0.2, -0.15) is 0 Å². The number of benzene rings is 2. The van der Waals surface area contributed by atoms with Gasteiger partial charge >= 0.3 is 5.63 Å². The Balaban J connectivity index is 1.65. The zero-order chi connectivity index (χ0) is 20.6. The number of nitrogens with one attached hydrogen (secondary N) is 1. The smallest absolute Gasteiger partial charge is 0.349 e. The zero-order valence-electron chi connectivity index (χ0n) is 16.5. The third-order valence-electron chi connectivity index (χ3n) is 4.77. The van der Waals surface area contributed by atoms with Crippen molar-refractivity contribution < 1.29 is 14.3 Å². The summed E-state index contributed by atoms with van der Waals surface area (Å²) in [5.74, 6) is 0.107. The van der Waals surface area contributed by atoms with Gasteiger partial charge in [-0.15, -0.1) is 0 Å².